The quantitative estimate of drug-likeness (QED) is 0.700. The Balaban J connectivity index is 1.76. The number of rotatable bonds is 5. The Hall–Kier alpha value is -3.67. The second-order valence-electron chi connectivity index (χ2n) is 6.39. The molecule has 0 saturated carbocycles. The van der Waals surface area contributed by atoms with Gasteiger partial charge in [0.1, 0.15) is 11.4 Å². The lowest BCUT2D eigenvalue weighted by atomic mass is 10.1. The number of anilines is 2. The third-order valence-electron chi connectivity index (χ3n) is 4.22. The summed E-state index contributed by atoms with van der Waals surface area (Å²) in [5.74, 6) is -0.0673. The van der Waals surface area contributed by atoms with Crippen molar-refractivity contribution >= 4 is 23.2 Å². The van der Waals surface area contributed by atoms with E-state index in [2.05, 4.69) is 15.6 Å². The first-order valence-electron chi connectivity index (χ1n) is 8.76. The van der Waals surface area contributed by atoms with Crippen molar-refractivity contribution in [1.82, 2.24) is 4.98 Å². The largest absolute Gasteiger partial charge is 0.497 e. The van der Waals surface area contributed by atoms with Gasteiger partial charge in [0.05, 0.1) is 7.11 Å². The summed E-state index contributed by atoms with van der Waals surface area (Å²) in [4.78, 5) is 29.2. The number of amides is 2. The molecule has 1 heterocycles. The van der Waals surface area contributed by atoms with Crippen LogP contribution in [0.25, 0.3) is 0 Å². The van der Waals surface area contributed by atoms with E-state index in [0.29, 0.717) is 17.0 Å². The lowest BCUT2D eigenvalue weighted by Crippen LogP contribution is -2.17. The van der Waals surface area contributed by atoms with Crippen molar-refractivity contribution in [3.05, 3.63) is 83.2 Å². The number of nitrogens with zero attached hydrogens (tertiary/aromatic N) is 1. The van der Waals surface area contributed by atoms with Crippen LogP contribution < -0.4 is 15.4 Å². The molecule has 0 saturated heterocycles. The maximum Gasteiger partial charge on any atom is 0.274 e. The van der Waals surface area contributed by atoms with Crippen LogP contribution in [-0.4, -0.2) is 23.9 Å². The average molecular weight is 375 g/mol. The highest BCUT2D eigenvalue weighted by molar-refractivity contribution is 6.08. The van der Waals surface area contributed by atoms with Gasteiger partial charge in [-0.15, -0.1) is 0 Å². The summed E-state index contributed by atoms with van der Waals surface area (Å²) in [7, 11) is 1.56. The fourth-order valence-corrected chi connectivity index (χ4v) is 2.66. The van der Waals surface area contributed by atoms with Gasteiger partial charge in [-0.2, -0.15) is 0 Å². The van der Waals surface area contributed by atoms with Gasteiger partial charge < -0.3 is 15.4 Å². The Morgan fingerprint density at radius 3 is 2.54 bits per heavy atom. The van der Waals surface area contributed by atoms with E-state index >= 15 is 0 Å². The molecule has 0 bridgehead atoms. The zero-order chi connectivity index (χ0) is 20.1. The monoisotopic (exact) mass is 375 g/mol. The minimum Gasteiger partial charge on any atom is -0.497 e. The van der Waals surface area contributed by atoms with Crippen LogP contribution in [0.15, 0.2) is 60.8 Å². The molecule has 28 heavy (non-hydrogen) atoms. The van der Waals surface area contributed by atoms with Crippen LogP contribution in [0.1, 0.15) is 32.0 Å². The summed E-state index contributed by atoms with van der Waals surface area (Å²) in [6.07, 6.45) is 1.44. The van der Waals surface area contributed by atoms with Crippen molar-refractivity contribution in [1.29, 1.82) is 0 Å². The van der Waals surface area contributed by atoms with Crippen LogP contribution in [0.2, 0.25) is 0 Å². The van der Waals surface area contributed by atoms with E-state index in [1.54, 1.807) is 37.4 Å². The first-order chi connectivity index (χ1) is 13.5. The number of ether oxygens (including phenoxy) is 1. The van der Waals surface area contributed by atoms with E-state index in [0.717, 1.165) is 16.8 Å². The average Bonchev–Trinajstić information content (AvgIpc) is 2.71. The van der Waals surface area contributed by atoms with Gasteiger partial charge in [-0.25, -0.2) is 0 Å². The highest BCUT2D eigenvalue weighted by Crippen LogP contribution is 2.19. The number of aryl methyl sites for hydroxylation is 2. The molecule has 6 heteroatoms. The second-order valence-corrected chi connectivity index (χ2v) is 6.39. The molecule has 2 amide bonds. The number of aromatic nitrogens is 1. The molecule has 2 N–H and O–H groups in total. The van der Waals surface area contributed by atoms with Gasteiger partial charge in [-0.3, -0.25) is 14.6 Å². The maximum atomic E-state index is 12.6. The standard InChI is InChI=1S/C22H21N3O3/c1-14-7-8-15(2)19(11-14)25-22(27)20-12-16(9-10-23-20)21(26)24-17-5-4-6-18(13-17)28-3/h4-13H,1-3H3,(H,24,26)(H,25,27). The third kappa shape index (κ3) is 4.54. The number of hydrogen-bond acceptors (Lipinski definition) is 4. The summed E-state index contributed by atoms with van der Waals surface area (Å²) >= 11 is 0. The highest BCUT2D eigenvalue weighted by Gasteiger charge is 2.13. The van der Waals surface area contributed by atoms with Gasteiger partial charge in [0.2, 0.25) is 0 Å². The Morgan fingerprint density at radius 1 is 0.929 bits per heavy atom. The molecular weight excluding hydrogens is 354 g/mol. The highest BCUT2D eigenvalue weighted by atomic mass is 16.5. The summed E-state index contributed by atoms with van der Waals surface area (Å²) in [5.41, 5.74) is 3.81. The Kier molecular flexibility index (Phi) is 5.69. The van der Waals surface area contributed by atoms with Crippen LogP contribution in [0, 0.1) is 13.8 Å². The van der Waals surface area contributed by atoms with Crippen molar-refractivity contribution in [2.24, 2.45) is 0 Å². The molecule has 0 unspecified atom stereocenters. The van der Waals surface area contributed by atoms with Gasteiger partial charge in [0.15, 0.2) is 0 Å². The van der Waals surface area contributed by atoms with E-state index in [4.69, 9.17) is 4.74 Å². The van der Waals surface area contributed by atoms with Gasteiger partial charge in [0.25, 0.3) is 11.8 Å². The SMILES string of the molecule is COc1cccc(NC(=O)c2ccnc(C(=O)Nc3cc(C)ccc3C)c2)c1. The molecule has 0 aliphatic rings. The molecular formula is C22H21N3O3. The first kappa shape index (κ1) is 19.1. The molecule has 0 atom stereocenters. The number of pyridine rings is 1. The van der Waals surface area contributed by atoms with E-state index in [-0.39, 0.29) is 17.5 Å². The lowest BCUT2D eigenvalue weighted by Gasteiger charge is -2.10. The normalized spacial score (nSPS) is 10.2. The summed E-state index contributed by atoms with van der Waals surface area (Å²) in [5, 5.41) is 5.64. The van der Waals surface area contributed by atoms with Crippen LogP contribution in [0.3, 0.4) is 0 Å². The predicted octanol–water partition coefficient (Wildman–Crippen LogP) is 4.21. The van der Waals surface area contributed by atoms with Crippen molar-refractivity contribution in [3.63, 3.8) is 0 Å². The zero-order valence-electron chi connectivity index (χ0n) is 15.9. The molecule has 0 spiro atoms. The number of carbonyl (C=O) groups is 2. The van der Waals surface area contributed by atoms with Crippen molar-refractivity contribution in [2.45, 2.75) is 13.8 Å². The molecule has 3 rings (SSSR count). The molecule has 142 valence electrons. The van der Waals surface area contributed by atoms with Gasteiger partial charge in [-0.1, -0.05) is 18.2 Å². The van der Waals surface area contributed by atoms with Crippen LogP contribution >= 0.6 is 0 Å². The Morgan fingerprint density at radius 2 is 1.75 bits per heavy atom. The first-order valence-corrected chi connectivity index (χ1v) is 8.76. The van der Waals surface area contributed by atoms with Crippen LogP contribution in [0.4, 0.5) is 11.4 Å². The van der Waals surface area contributed by atoms with Crippen molar-refractivity contribution < 1.29 is 14.3 Å². The number of carbonyl (C=O) groups excluding carboxylic acids is 2. The van der Waals surface area contributed by atoms with Crippen molar-refractivity contribution in [3.8, 4) is 5.75 Å². The predicted molar refractivity (Wildman–Crippen MR) is 109 cm³/mol. The zero-order valence-corrected chi connectivity index (χ0v) is 15.9. The lowest BCUT2D eigenvalue weighted by molar-refractivity contribution is 0.102. The molecule has 2 aromatic carbocycles. The molecule has 0 fully saturated rings. The number of methoxy groups -OCH3 is 1. The molecule has 0 aliphatic carbocycles. The van der Waals surface area contributed by atoms with Crippen molar-refractivity contribution in [2.75, 3.05) is 17.7 Å². The Labute approximate surface area is 163 Å². The van der Waals surface area contributed by atoms with Crippen LogP contribution in [-0.2, 0) is 0 Å². The van der Waals surface area contributed by atoms with Gasteiger partial charge >= 0.3 is 0 Å². The minimum absolute atomic E-state index is 0.166. The number of nitrogens with one attached hydrogen (secondary N) is 2. The second kappa shape index (κ2) is 8.35. The summed E-state index contributed by atoms with van der Waals surface area (Å²) < 4.78 is 5.15. The van der Waals surface area contributed by atoms with Gasteiger partial charge in [-0.05, 0) is 55.3 Å². The van der Waals surface area contributed by atoms with E-state index < -0.39 is 0 Å². The maximum absolute atomic E-state index is 12.6. The summed E-state index contributed by atoms with van der Waals surface area (Å²) in [6, 6.07) is 15.9. The number of benzene rings is 2. The fraction of sp³-hybridized carbons (Fsp3) is 0.136. The van der Waals surface area contributed by atoms with E-state index in [1.165, 1.54) is 12.3 Å². The van der Waals surface area contributed by atoms with E-state index in [1.807, 2.05) is 32.0 Å². The minimum atomic E-state index is -0.371. The molecule has 1 aromatic heterocycles. The number of hydrogen-bond donors (Lipinski definition) is 2. The third-order valence-corrected chi connectivity index (χ3v) is 4.22. The van der Waals surface area contributed by atoms with Gasteiger partial charge in [0, 0.05) is 29.2 Å². The molecule has 0 radical (unpaired) electrons. The Bertz CT molecular complexity index is 1030. The molecule has 0 aliphatic heterocycles. The topological polar surface area (TPSA) is 80.3 Å². The molecule has 6 nitrogen and oxygen atoms in total. The smallest absolute Gasteiger partial charge is 0.274 e. The molecule has 3 aromatic rings. The van der Waals surface area contributed by atoms with Crippen LogP contribution in [0.5, 0.6) is 5.75 Å². The summed E-state index contributed by atoms with van der Waals surface area (Å²) in [6.45, 7) is 3.87. The fourth-order valence-electron chi connectivity index (χ4n) is 2.66. The van der Waals surface area contributed by atoms with E-state index in [9.17, 15) is 9.59 Å².